The number of nitrogens with one attached hydrogen (secondary N) is 1. The highest BCUT2D eigenvalue weighted by Gasteiger charge is 2.35. The third-order valence-electron chi connectivity index (χ3n) is 7.82. The molecule has 0 aliphatic rings. The van der Waals surface area contributed by atoms with E-state index in [1.807, 2.05) is 57.2 Å². The molecule has 0 aromatic heterocycles. The van der Waals surface area contributed by atoms with Crippen molar-refractivity contribution in [3.63, 3.8) is 0 Å². The number of nitrogens with zero attached hydrogens (tertiary/aromatic N) is 2. The number of amides is 2. The number of halogens is 1. The van der Waals surface area contributed by atoms with E-state index in [1.165, 1.54) is 17.0 Å². The molecule has 7 nitrogen and oxygen atoms in total. The van der Waals surface area contributed by atoms with Crippen LogP contribution in [-0.4, -0.2) is 44.3 Å². The molecule has 1 atom stereocenters. The minimum absolute atomic E-state index is 0.0705. The molecule has 0 saturated heterocycles. The Morgan fingerprint density at radius 2 is 1.47 bits per heavy atom. The van der Waals surface area contributed by atoms with Gasteiger partial charge in [-0.2, -0.15) is 0 Å². The van der Waals surface area contributed by atoms with Crippen LogP contribution in [-0.2, 0) is 32.6 Å². The van der Waals surface area contributed by atoms with E-state index in [0.717, 1.165) is 39.4 Å². The number of hydrogen-bond donors (Lipinski definition) is 1. The smallest absolute Gasteiger partial charge is 0.264 e. The Morgan fingerprint density at radius 1 is 0.822 bits per heavy atom. The molecule has 45 heavy (non-hydrogen) atoms. The van der Waals surface area contributed by atoms with Crippen molar-refractivity contribution in [1.29, 1.82) is 0 Å². The van der Waals surface area contributed by atoms with E-state index in [9.17, 15) is 18.0 Å². The Kier molecular flexibility index (Phi) is 11.8. The van der Waals surface area contributed by atoms with Gasteiger partial charge >= 0.3 is 0 Å². The summed E-state index contributed by atoms with van der Waals surface area (Å²) in [6.45, 7) is 5.84. The van der Waals surface area contributed by atoms with E-state index in [0.29, 0.717) is 17.3 Å². The van der Waals surface area contributed by atoms with Gasteiger partial charge in [-0.05, 0) is 72.9 Å². The summed E-state index contributed by atoms with van der Waals surface area (Å²) in [5.41, 5.74) is 3.68. The Hall–Kier alpha value is -4.14. The molecule has 0 heterocycles. The maximum atomic E-state index is 14.6. The van der Waals surface area contributed by atoms with Crippen molar-refractivity contribution in [3.8, 4) is 0 Å². The normalized spacial score (nSPS) is 11.9. The summed E-state index contributed by atoms with van der Waals surface area (Å²) >= 11 is 6.16. The molecule has 236 valence electrons. The Morgan fingerprint density at radius 3 is 2.11 bits per heavy atom. The van der Waals surface area contributed by atoms with Crippen LogP contribution in [0.4, 0.5) is 5.69 Å². The minimum atomic E-state index is -4.16. The van der Waals surface area contributed by atoms with Crippen molar-refractivity contribution in [1.82, 2.24) is 10.2 Å². The molecular weight excluding hydrogens is 606 g/mol. The van der Waals surface area contributed by atoms with E-state index >= 15 is 0 Å². The molecule has 0 fully saturated rings. The predicted octanol–water partition coefficient (Wildman–Crippen LogP) is 6.71. The predicted molar refractivity (Wildman–Crippen MR) is 181 cm³/mol. The molecule has 0 spiro atoms. The third-order valence-corrected chi connectivity index (χ3v) is 9.85. The second-order valence-corrected chi connectivity index (χ2v) is 13.3. The van der Waals surface area contributed by atoms with E-state index in [1.54, 1.807) is 54.6 Å². The topological polar surface area (TPSA) is 86.8 Å². The van der Waals surface area contributed by atoms with Gasteiger partial charge in [0, 0.05) is 24.5 Å². The number of unbranched alkanes of at least 4 members (excludes halogenated alkanes) is 1. The molecule has 0 aliphatic carbocycles. The van der Waals surface area contributed by atoms with Crippen molar-refractivity contribution in [3.05, 3.63) is 130 Å². The Balaban J connectivity index is 1.81. The molecular formula is C36H40ClN3O4S. The average molecular weight is 646 g/mol. The highest BCUT2D eigenvalue weighted by Crippen LogP contribution is 2.29. The van der Waals surface area contributed by atoms with Gasteiger partial charge in [-0.1, -0.05) is 97.7 Å². The first-order valence-electron chi connectivity index (χ1n) is 15.1. The quantitative estimate of drug-likeness (QED) is 0.155. The van der Waals surface area contributed by atoms with Gasteiger partial charge in [0.05, 0.1) is 10.6 Å². The van der Waals surface area contributed by atoms with Gasteiger partial charge in [0.1, 0.15) is 12.6 Å². The zero-order valence-corrected chi connectivity index (χ0v) is 27.5. The first-order chi connectivity index (χ1) is 21.6. The van der Waals surface area contributed by atoms with E-state index < -0.39 is 28.5 Å². The monoisotopic (exact) mass is 645 g/mol. The molecule has 0 aliphatic heterocycles. The van der Waals surface area contributed by atoms with Crippen LogP contribution in [0.5, 0.6) is 0 Å². The fourth-order valence-corrected chi connectivity index (χ4v) is 6.70. The summed E-state index contributed by atoms with van der Waals surface area (Å²) < 4.78 is 29.5. The Labute approximate surface area is 271 Å². The fraction of sp³-hybridized carbons (Fsp3) is 0.278. The van der Waals surface area contributed by atoms with Crippen molar-refractivity contribution < 1.29 is 18.0 Å². The summed E-state index contributed by atoms with van der Waals surface area (Å²) in [6, 6.07) is 29.2. The zero-order valence-electron chi connectivity index (χ0n) is 25.9. The number of rotatable bonds is 14. The Bertz CT molecular complexity index is 1680. The summed E-state index contributed by atoms with van der Waals surface area (Å²) in [6.07, 6.45) is 1.96. The van der Waals surface area contributed by atoms with Gasteiger partial charge in [-0.15, -0.1) is 0 Å². The largest absolute Gasteiger partial charge is 0.354 e. The average Bonchev–Trinajstić information content (AvgIpc) is 3.04. The van der Waals surface area contributed by atoms with Crippen LogP contribution in [0.25, 0.3) is 0 Å². The molecule has 0 saturated carbocycles. The van der Waals surface area contributed by atoms with Gasteiger partial charge in [0.2, 0.25) is 11.8 Å². The number of carbonyl (C=O) groups is 2. The van der Waals surface area contributed by atoms with Gasteiger partial charge in [-0.3, -0.25) is 13.9 Å². The van der Waals surface area contributed by atoms with E-state index in [-0.39, 0.29) is 23.8 Å². The number of anilines is 1. The number of aryl methyl sites for hydroxylation is 1. The molecule has 4 aromatic rings. The SMILES string of the molecule is CCCCNC(=O)C(Cc1ccccc1)N(Cc1ccc(Cl)cc1)C(=O)CN(c1cccc(C)c1C)S(=O)(=O)c1ccccc1. The lowest BCUT2D eigenvalue weighted by atomic mass is 10.0. The number of hydrogen-bond acceptors (Lipinski definition) is 4. The number of carbonyl (C=O) groups excluding carboxylic acids is 2. The van der Waals surface area contributed by atoms with Crippen molar-refractivity contribution in [2.75, 3.05) is 17.4 Å². The first kappa shape index (κ1) is 33.7. The first-order valence-corrected chi connectivity index (χ1v) is 16.9. The minimum Gasteiger partial charge on any atom is -0.354 e. The second-order valence-electron chi connectivity index (χ2n) is 11.0. The maximum absolute atomic E-state index is 14.6. The van der Waals surface area contributed by atoms with Crippen LogP contribution in [0.3, 0.4) is 0 Å². The van der Waals surface area contributed by atoms with Gasteiger partial charge in [0.25, 0.3) is 10.0 Å². The van der Waals surface area contributed by atoms with Crippen LogP contribution in [0, 0.1) is 13.8 Å². The summed E-state index contributed by atoms with van der Waals surface area (Å²) in [5, 5.41) is 3.55. The summed E-state index contributed by atoms with van der Waals surface area (Å²) in [5.74, 6) is -0.796. The van der Waals surface area contributed by atoms with Crippen molar-refractivity contribution in [2.24, 2.45) is 0 Å². The highest BCUT2D eigenvalue weighted by atomic mass is 35.5. The summed E-state index contributed by atoms with van der Waals surface area (Å²) in [4.78, 5) is 29.9. The fourth-order valence-electron chi connectivity index (χ4n) is 5.09. The van der Waals surface area contributed by atoms with Crippen LogP contribution in [0.2, 0.25) is 5.02 Å². The zero-order chi connectivity index (χ0) is 32.4. The maximum Gasteiger partial charge on any atom is 0.264 e. The molecule has 4 aromatic carbocycles. The van der Waals surface area contributed by atoms with Crippen LogP contribution in [0.1, 0.15) is 42.0 Å². The molecule has 2 amide bonds. The highest BCUT2D eigenvalue weighted by molar-refractivity contribution is 7.92. The molecule has 1 unspecified atom stereocenters. The van der Waals surface area contributed by atoms with Gasteiger partial charge in [0.15, 0.2) is 0 Å². The van der Waals surface area contributed by atoms with Crippen molar-refractivity contribution in [2.45, 2.75) is 57.5 Å². The van der Waals surface area contributed by atoms with Crippen LogP contribution < -0.4 is 9.62 Å². The molecule has 0 bridgehead atoms. The van der Waals surface area contributed by atoms with Crippen LogP contribution >= 0.6 is 11.6 Å². The van der Waals surface area contributed by atoms with Crippen LogP contribution in [0.15, 0.2) is 108 Å². The van der Waals surface area contributed by atoms with Gasteiger partial charge < -0.3 is 10.2 Å². The number of sulfonamides is 1. The summed E-state index contributed by atoms with van der Waals surface area (Å²) in [7, 11) is -4.16. The lowest BCUT2D eigenvalue weighted by molar-refractivity contribution is -0.140. The standard InChI is InChI=1S/C36H40ClN3O4S/c1-4-5-23-38-36(42)34(24-29-14-8-6-9-15-29)39(25-30-19-21-31(37)22-20-30)35(41)26-40(33-18-12-13-27(2)28(33)3)45(43,44)32-16-10-7-11-17-32/h6-22,34H,4-5,23-26H2,1-3H3,(H,38,42). The van der Waals surface area contributed by atoms with Gasteiger partial charge in [-0.25, -0.2) is 8.42 Å². The lowest BCUT2D eigenvalue weighted by Crippen LogP contribution is -2.53. The van der Waals surface area contributed by atoms with Crippen molar-refractivity contribution >= 4 is 39.1 Å². The molecule has 9 heteroatoms. The lowest BCUT2D eigenvalue weighted by Gasteiger charge is -2.34. The second kappa shape index (κ2) is 15.7. The third kappa shape index (κ3) is 8.74. The molecule has 1 N–H and O–H groups in total. The molecule has 4 rings (SSSR count). The van der Waals surface area contributed by atoms with E-state index in [4.69, 9.17) is 11.6 Å². The molecule has 0 radical (unpaired) electrons. The number of benzene rings is 4. The van der Waals surface area contributed by atoms with E-state index in [2.05, 4.69) is 5.32 Å².